The summed E-state index contributed by atoms with van der Waals surface area (Å²) in [6, 6.07) is 7.39. The standard InChI is InChI=1S/C14H17ClN2O/c15-13-5-4-12(9-16)14(8-13)17-6-1-7-18-10-11-2-3-11/h4-5,8,11,17H,1-3,6-7,10H2. The molecule has 0 radical (unpaired) electrons. The van der Waals surface area contributed by atoms with Gasteiger partial charge >= 0.3 is 0 Å². The third-order valence-electron chi connectivity index (χ3n) is 2.93. The Balaban J connectivity index is 1.68. The molecule has 1 aromatic rings. The monoisotopic (exact) mass is 264 g/mol. The smallest absolute Gasteiger partial charge is 0.101 e. The summed E-state index contributed by atoms with van der Waals surface area (Å²) in [6.45, 7) is 2.46. The van der Waals surface area contributed by atoms with Crippen molar-refractivity contribution in [1.82, 2.24) is 0 Å². The fraction of sp³-hybridized carbons (Fsp3) is 0.500. The SMILES string of the molecule is N#Cc1ccc(Cl)cc1NCCCOCC1CC1. The predicted molar refractivity (Wildman–Crippen MR) is 72.8 cm³/mol. The average Bonchev–Trinajstić information content (AvgIpc) is 3.18. The minimum Gasteiger partial charge on any atom is -0.384 e. The van der Waals surface area contributed by atoms with Crippen LogP contribution in [0.25, 0.3) is 0 Å². The maximum atomic E-state index is 8.96. The van der Waals surface area contributed by atoms with Gasteiger partial charge in [-0.1, -0.05) is 11.6 Å². The molecule has 0 aliphatic heterocycles. The molecule has 0 spiro atoms. The lowest BCUT2D eigenvalue weighted by Gasteiger charge is -2.08. The number of hydrogen-bond donors (Lipinski definition) is 1. The van der Waals surface area contributed by atoms with Gasteiger partial charge in [-0.25, -0.2) is 0 Å². The second-order valence-corrected chi connectivity index (χ2v) is 5.04. The van der Waals surface area contributed by atoms with Crippen molar-refractivity contribution in [2.45, 2.75) is 19.3 Å². The molecule has 0 bridgehead atoms. The molecule has 4 heteroatoms. The van der Waals surface area contributed by atoms with Gasteiger partial charge in [0.2, 0.25) is 0 Å². The van der Waals surface area contributed by atoms with Gasteiger partial charge in [0, 0.05) is 24.8 Å². The van der Waals surface area contributed by atoms with Gasteiger partial charge < -0.3 is 10.1 Å². The highest BCUT2D eigenvalue weighted by Gasteiger charge is 2.20. The number of nitrogens with zero attached hydrogens (tertiary/aromatic N) is 1. The molecule has 0 saturated heterocycles. The second kappa shape index (κ2) is 6.63. The Bertz CT molecular complexity index is 438. The molecule has 1 aliphatic rings. The van der Waals surface area contributed by atoms with Crippen LogP contribution in [-0.2, 0) is 4.74 Å². The zero-order valence-corrected chi connectivity index (χ0v) is 11.0. The zero-order chi connectivity index (χ0) is 12.8. The first-order chi connectivity index (χ1) is 8.79. The number of anilines is 1. The lowest BCUT2D eigenvalue weighted by molar-refractivity contribution is 0.124. The van der Waals surface area contributed by atoms with E-state index < -0.39 is 0 Å². The summed E-state index contributed by atoms with van der Waals surface area (Å²) in [5.41, 5.74) is 1.42. The van der Waals surface area contributed by atoms with Crippen LogP contribution in [0.2, 0.25) is 5.02 Å². The van der Waals surface area contributed by atoms with Crippen LogP contribution in [0.15, 0.2) is 18.2 Å². The summed E-state index contributed by atoms with van der Waals surface area (Å²) in [6.07, 6.45) is 3.59. The van der Waals surface area contributed by atoms with Crippen LogP contribution in [0.3, 0.4) is 0 Å². The van der Waals surface area contributed by atoms with Crippen LogP contribution < -0.4 is 5.32 Å². The van der Waals surface area contributed by atoms with Crippen molar-refractivity contribution in [3.05, 3.63) is 28.8 Å². The van der Waals surface area contributed by atoms with Crippen molar-refractivity contribution in [2.75, 3.05) is 25.1 Å². The Morgan fingerprint density at radius 3 is 3.00 bits per heavy atom. The van der Waals surface area contributed by atoms with Crippen molar-refractivity contribution in [2.24, 2.45) is 5.92 Å². The average molecular weight is 265 g/mol. The van der Waals surface area contributed by atoms with Crippen molar-refractivity contribution < 1.29 is 4.74 Å². The number of nitrogens with one attached hydrogen (secondary N) is 1. The Morgan fingerprint density at radius 1 is 1.44 bits per heavy atom. The van der Waals surface area contributed by atoms with E-state index in [0.29, 0.717) is 10.6 Å². The van der Waals surface area contributed by atoms with Gasteiger partial charge in [0.05, 0.1) is 11.3 Å². The second-order valence-electron chi connectivity index (χ2n) is 4.60. The van der Waals surface area contributed by atoms with E-state index in [0.717, 1.165) is 37.8 Å². The molecular weight excluding hydrogens is 248 g/mol. The van der Waals surface area contributed by atoms with E-state index in [2.05, 4.69) is 11.4 Å². The molecule has 1 saturated carbocycles. The van der Waals surface area contributed by atoms with E-state index in [4.69, 9.17) is 21.6 Å². The molecule has 18 heavy (non-hydrogen) atoms. The largest absolute Gasteiger partial charge is 0.384 e. The summed E-state index contributed by atoms with van der Waals surface area (Å²) in [4.78, 5) is 0. The normalized spacial score (nSPS) is 14.2. The third kappa shape index (κ3) is 4.21. The van der Waals surface area contributed by atoms with E-state index in [1.165, 1.54) is 12.8 Å². The first-order valence-electron chi connectivity index (χ1n) is 6.31. The van der Waals surface area contributed by atoms with Gasteiger partial charge in [0.25, 0.3) is 0 Å². The Morgan fingerprint density at radius 2 is 2.28 bits per heavy atom. The Hall–Kier alpha value is -1.24. The molecule has 3 nitrogen and oxygen atoms in total. The molecule has 0 amide bonds. The van der Waals surface area contributed by atoms with E-state index in [1.54, 1.807) is 18.2 Å². The van der Waals surface area contributed by atoms with E-state index in [1.807, 2.05) is 0 Å². The van der Waals surface area contributed by atoms with E-state index in [-0.39, 0.29) is 0 Å². The summed E-state index contributed by atoms with van der Waals surface area (Å²) >= 11 is 5.90. The molecule has 1 N–H and O–H groups in total. The lowest BCUT2D eigenvalue weighted by atomic mass is 10.2. The maximum absolute atomic E-state index is 8.96. The fourth-order valence-electron chi connectivity index (χ4n) is 1.69. The molecular formula is C14H17ClN2O. The number of halogens is 1. The summed E-state index contributed by atoms with van der Waals surface area (Å²) in [5.74, 6) is 0.816. The maximum Gasteiger partial charge on any atom is 0.101 e. The van der Waals surface area contributed by atoms with Gasteiger partial charge in [-0.3, -0.25) is 0 Å². The first-order valence-corrected chi connectivity index (χ1v) is 6.68. The Kier molecular flexibility index (Phi) is 4.86. The predicted octanol–water partition coefficient (Wildman–Crippen LogP) is 3.44. The van der Waals surface area contributed by atoms with Crippen molar-refractivity contribution >= 4 is 17.3 Å². The molecule has 1 fully saturated rings. The van der Waals surface area contributed by atoms with Gasteiger partial charge in [-0.2, -0.15) is 5.26 Å². The molecule has 0 aromatic heterocycles. The summed E-state index contributed by atoms with van der Waals surface area (Å²) < 4.78 is 5.54. The molecule has 2 rings (SSSR count). The van der Waals surface area contributed by atoms with Gasteiger partial charge in [-0.15, -0.1) is 0 Å². The number of hydrogen-bond acceptors (Lipinski definition) is 3. The highest BCUT2D eigenvalue weighted by molar-refractivity contribution is 6.30. The highest BCUT2D eigenvalue weighted by atomic mass is 35.5. The minimum atomic E-state index is 0.623. The quantitative estimate of drug-likeness (QED) is 0.768. The summed E-state index contributed by atoms with van der Waals surface area (Å²) in [7, 11) is 0. The van der Waals surface area contributed by atoms with Crippen LogP contribution >= 0.6 is 11.6 Å². The minimum absolute atomic E-state index is 0.623. The molecule has 0 heterocycles. The van der Waals surface area contributed by atoms with Crippen molar-refractivity contribution in [1.29, 1.82) is 5.26 Å². The number of nitriles is 1. The van der Waals surface area contributed by atoms with Gasteiger partial charge in [-0.05, 0) is 43.4 Å². The highest BCUT2D eigenvalue weighted by Crippen LogP contribution is 2.28. The zero-order valence-electron chi connectivity index (χ0n) is 10.3. The van der Waals surface area contributed by atoms with Crippen LogP contribution in [0.1, 0.15) is 24.8 Å². The first kappa shape index (κ1) is 13.2. The van der Waals surface area contributed by atoms with Crippen LogP contribution in [0.4, 0.5) is 5.69 Å². The van der Waals surface area contributed by atoms with Crippen LogP contribution in [0, 0.1) is 17.2 Å². The molecule has 0 unspecified atom stereocenters. The third-order valence-corrected chi connectivity index (χ3v) is 3.17. The molecule has 0 atom stereocenters. The number of benzene rings is 1. The fourth-order valence-corrected chi connectivity index (χ4v) is 1.86. The van der Waals surface area contributed by atoms with Crippen molar-refractivity contribution in [3.63, 3.8) is 0 Å². The van der Waals surface area contributed by atoms with Crippen molar-refractivity contribution in [3.8, 4) is 6.07 Å². The van der Waals surface area contributed by atoms with E-state index >= 15 is 0 Å². The van der Waals surface area contributed by atoms with Crippen LogP contribution in [-0.4, -0.2) is 19.8 Å². The molecule has 1 aliphatic carbocycles. The molecule has 1 aromatic carbocycles. The Labute approximate surface area is 113 Å². The number of ether oxygens (including phenoxy) is 1. The van der Waals surface area contributed by atoms with E-state index in [9.17, 15) is 0 Å². The topological polar surface area (TPSA) is 45.0 Å². The molecule has 96 valence electrons. The lowest BCUT2D eigenvalue weighted by Crippen LogP contribution is -2.07. The summed E-state index contributed by atoms with van der Waals surface area (Å²) in [5, 5.41) is 12.8. The van der Waals surface area contributed by atoms with Gasteiger partial charge in [0.15, 0.2) is 0 Å². The number of rotatable bonds is 7. The van der Waals surface area contributed by atoms with Crippen LogP contribution in [0.5, 0.6) is 0 Å². The van der Waals surface area contributed by atoms with Gasteiger partial charge in [0.1, 0.15) is 6.07 Å².